The Balaban J connectivity index is 2.11. The van der Waals surface area contributed by atoms with Gasteiger partial charge in [-0.25, -0.2) is 0 Å². The lowest BCUT2D eigenvalue weighted by Crippen LogP contribution is -1.98. The van der Waals surface area contributed by atoms with Crippen molar-refractivity contribution in [3.8, 4) is 28.7 Å². The number of phenols is 1. The van der Waals surface area contributed by atoms with E-state index in [0.717, 1.165) is 16.6 Å². The van der Waals surface area contributed by atoms with Crippen LogP contribution in [0.15, 0.2) is 36.5 Å². The topological polar surface area (TPSA) is 70.0 Å². The van der Waals surface area contributed by atoms with Gasteiger partial charge in [-0.3, -0.25) is 4.98 Å². The predicted octanol–water partition coefficient (Wildman–Crippen LogP) is 3.57. The molecule has 3 rings (SSSR count). The van der Waals surface area contributed by atoms with Crippen LogP contribution >= 0.6 is 0 Å². The van der Waals surface area contributed by atoms with Gasteiger partial charge < -0.3 is 24.1 Å². The number of aromatic hydroxyl groups is 1. The van der Waals surface area contributed by atoms with E-state index in [2.05, 4.69) is 4.98 Å². The summed E-state index contributed by atoms with van der Waals surface area (Å²) in [5, 5.41) is 12.2. The van der Waals surface area contributed by atoms with E-state index in [1.807, 2.05) is 30.3 Å². The molecule has 0 aliphatic heterocycles. The Bertz CT molecular complexity index is 939. The Kier molecular flexibility index (Phi) is 5.02. The molecule has 1 N–H and O–H groups in total. The van der Waals surface area contributed by atoms with Crippen molar-refractivity contribution in [3.05, 3.63) is 47.8 Å². The standard InChI is InChI=1S/C20H21NO5/c1-23-15-6-5-12(10-16(15)24-2)9-14-18-13(7-8-21-14)11-17(25-3)20(26-4)19(18)22/h5-8,10-11,22H,9H2,1-4H3. The number of ether oxygens (including phenoxy) is 4. The fourth-order valence-corrected chi connectivity index (χ4v) is 3.02. The summed E-state index contributed by atoms with van der Waals surface area (Å²) >= 11 is 0. The van der Waals surface area contributed by atoms with E-state index in [1.165, 1.54) is 14.2 Å². The number of aromatic nitrogens is 1. The number of phenolic OH excluding ortho intramolecular Hbond substituents is 1. The molecule has 1 aromatic heterocycles. The number of methoxy groups -OCH3 is 4. The third-order valence-corrected chi connectivity index (χ3v) is 4.27. The minimum absolute atomic E-state index is 0.0189. The molecule has 0 spiro atoms. The zero-order chi connectivity index (χ0) is 18.7. The summed E-state index contributed by atoms with van der Waals surface area (Å²) in [6, 6.07) is 9.35. The SMILES string of the molecule is COc1ccc(Cc2nccc3cc(OC)c(OC)c(O)c23)cc1OC. The lowest BCUT2D eigenvalue weighted by Gasteiger charge is -2.14. The second-order valence-electron chi connectivity index (χ2n) is 5.68. The Morgan fingerprint density at radius 1 is 0.846 bits per heavy atom. The molecule has 0 bridgehead atoms. The minimum atomic E-state index is 0.0189. The van der Waals surface area contributed by atoms with Gasteiger partial charge >= 0.3 is 0 Å². The highest BCUT2D eigenvalue weighted by Crippen LogP contribution is 2.43. The largest absolute Gasteiger partial charge is 0.504 e. The van der Waals surface area contributed by atoms with Gasteiger partial charge in [-0.2, -0.15) is 0 Å². The molecule has 0 amide bonds. The van der Waals surface area contributed by atoms with Crippen molar-refractivity contribution in [1.29, 1.82) is 0 Å². The van der Waals surface area contributed by atoms with Crippen molar-refractivity contribution in [2.24, 2.45) is 0 Å². The smallest absolute Gasteiger partial charge is 0.203 e. The summed E-state index contributed by atoms with van der Waals surface area (Å²) in [7, 11) is 6.23. The molecule has 6 nitrogen and oxygen atoms in total. The molecule has 0 aliphatic carbocycles. The first-order chi connectivity index (χ1) is 12.6. The molecule has 0 atom stereocenters. The van der Waals surface area contributed by atoms with Gasteiger partial charge in [0.2, 0.25) is 5.75 Å². The van der Waals surface area contributed by atoms with E-state index in [9.17, 15) is 5.11 Å². The van der Waals surface area contributed by atoms with Crippen molar-refractivity contribution in [3.63, 3.8) is 0 Å². The molecule has 0 aliphatic rings. The summed E-state index contributed by atoms with van der Waals surface area (Å²) < 4.78 is 21.2. The number of hydrogen-bond donors (Lipinski definition) is 1. The van der Waals surface area contributed by atoms with Gasteiger partial charge in [-0.15, -0.1) is 0 Å². The number of fused-ring (bicyclic) bond motifs is 1. The van der Waals surface area contributed by atoms with Gasteiger partial charge in [0, 0.05) is 18.0 Å². The molecule has 0 saturated carbocycles. The summed E-state index contributed by atoms with van der Waals surface area (Å²) in [6.45, 7) is 0. The van der Waals surface area contributed by atoms with Crippen LogP contribution in [-0.2, 0) is 6.42 Å². The molecule has 2 aromatic carbocycles. The van der Waals surface area contributed by atoms with Crippen LogP contribution in [-0.4, -0.2) is 38.5 Å². The first kappa shape index (κ1) is 17.7. The van der Waals surface area contributed by atoms with E-state index in [1.54, 1.807) is 20.4 Å². The molecular formula is C20H21NO5. The third-order valence-electron chi connectivity index (χ3n) is 4.27. The molecule has 3 aromatic rings. The highest BCUT2D eigenvalue weighted by molar-refractivity contribution is 5.94. The van der Waals surface area contributed by atoms with Crippen LogP contribution in [0.5, 0.6) is 28.7 Å². The van der Waals surface area contributed by atoms with E-state index >= 15 is 0 Å². The Labute approximate surface area is 151 Å². The summed E-state index contributed by atoms with van der Waals surface area (Å²) in [4.78, 5) is 4.46. The van der Waals surface area contributed by atoms with E-state index in [-0.39, 0.29) is 5.75 Å². The number of hydrogen-bond acceptors (Lipinski definition) is 6. The van der Waals surface area contributed by atoms with Crippen LogP contribution in [0.3, 0.4) is 0 Å². The van der Waals surface area contributed by atoms with Crippen molar-refractivity contribution in [1.82, 2.24) is 4.98 Å². The average molecular weight is 355 g/mol. The van der Waals surface area contributed by atoms with E-state index in [4.69, 9.17) is 18.9 Å². The maximum absolute atomic E-state index is 10.7. The number of nitrogens with zero attached hydrogens (tertiary/aromatic N) is 1. The highest BCUT2D eigenvalue weighted by Gasteiger charge is 2.18. The molecule has 0 fully saturated rings. The van der Waals surface area contributed by atoms with Crippen molar-refractivity contribution >= 4 is 10.8 Å². The fraction of sp³-hybridized carbons (Fsp3) is 0.250. The third kappa shape index (κ3) is 3.06. The van der Waals surface area contributed by atoms with E-state index < -0.39 is 0 Å². The van der Waals surface area contributed by atoms with Crippen LogP contribution in [0.2, 0.25) is 0 Å². The predicted molar refractivity (Wildman–Crippen MR) is 98.9 cm³/mol. The Morgan fingerprint density at radius 2 is 1.58 bits per heavy atom. The lowest BCUT2D eigenvalue weighted by molar-refractivity contribution is 0.335. The van der Waals surface area contributed by atoms with Crippen molar-refractivity contribution < 1.29 is 24.1 Å². The summed E-state index contributed by atoms with van der Waals surface area (Å²) in [6.07, 6.45) is 2.23. The zero-order valence-electron chi connectivity index (χ0n) is 15.2. The Hall–Kier alpha value is -3.15. The van der Waals surface area contributed by atoms with Gasteiger partial charge in [0.1, 0.15) is 0 Å². The average Bonchev–Trinajstić information content (AvgIpc) is 2.67. The number of benzene rings is 2. The number of pyridine rings is 1. The Morgan fingerprint density at radius 3 is 2.23 bits per heavy atom. The van der Waals surface area contributed by atoms with Crippen molar-refractivity contribution in [2.45, 2.75) is 6.42 Å². The molecule has 0 radical (unpaired) electrons. The first-order valence-corrected chi connectivity index (χ1v) is 8.05. The lowest BCUT2D eigenvalue weighted by atomic mass is 10.0. The van der Waals surface area contributed by atoms with E-state index in [0.29, 0.717) is 34.8 Å². The maximum Gasteiger partial charge on any atom is 0.203 e. The second-order valence-corrected chi connectivity index (χ2v) is 5.68. The zero-order valence-corrected chi connectivity index (χ0v) is 15.2. The van der Waals surface area contributed by atoms with Gasteiger partial charge in [-0.05, 0) is 35.2 Å². The molecule has 26 heavy (non-hydrogen) atoms. The molecule has 136 valence electrons. The number of rotatable bonds is 6. The van der Waals surface area contributed by atoms with Crippen LogP contribution in [0, 0.1) is 0 Å². The van der Waals surface area contributed by atoms with Crippen molar-refractivity contribution in [2.75, 3.05) is 28.4 Å². The highest BCUT2D eigenvalue weighted by atomic mass is 16.5. The van der Waals surface area contributed by atoms with Gasteiger partial charge in [0.15, 0.2) is 23.0 Å². The molecular weight excluding hydrogens is 334 g/mol. The normalized spacial score (nSPS) is 10.6. The monoisotopic (exact) mass is 355 g/mol. The van der Waals surface area contributed by atoms with Gasteiger partial charge in [0.05, 0.1) is 34.1 Å². The second kappa shape index (κ2) is 7.39. The van der Waals surface area contributed by atoms with Crippen LogP contribution in [0.25, 0.3) is 10.8 Å². The molecule has 1 heterocycles. The molecule has 6 heteroatoms. The summed E-state index contributed by atoms with van der Waals surface area (Å²) in [5.41, 5.74) is 1.71. The maximum atomic E-state index is 10.7. The molecule has 0 saturated heterocycles. The van der Waals surface area contributed by atoms with Crippen LogP contribution in [0.4, 0.5) is 0 Å². The van der Waals surface area contributed by atoms with Crippen LogP contribution in [0.1, 0.15) is 11.3 Å². The van der Waals surface area contributed by atoms with Gasteiger partial charge in [-0.1, -0.05) is 6.07 Å². The van der Waals surface area contributed by atoms with Gasteiger partial charge in [0.25, 0.3) is 0 Å². The molecule has 0 unspecified atom stereocenters. The quantitative estimate of drug-likeness (QED) is 0.729. The first-order valence-electron chi connectivity index (χ1n) is 8.05. The van der Waals surface area contributed by atoms with Crippen LogP contribution < -0.4 is 18.9 Å². The minimum Gasteiger partial charge on any atom is -0.504 e. The summed E-state index contributed by atoms with van der Waals surface area (Å²) in [5.74, 6) is 2.10. The fourth-order valence-electron chi connectivity index (χ4n) is 3.02.